The van der Waals surface area contributed by atoms with E-state index in [2.05, 4.69) is 5.32 Å². The van der Waals surface area contributed by atoms with Gasteiger partial charge in [-0.3, -0.25) is 19.3 Å². The van der Waals surface area contributed by atoms with Crippen LogP contribution in [0, 0.1) is 13.8 Å². The molecule has 1 atom stereocenters. The van der Waals surface area contributed by atoms with Crippen LogP contribution in [0.4, 0.5) is 10.5 Å². The van der Waals surface area contributed by atoms with Crippen molar-refractivity contribution in [2.45, 2.75) is 39.7 Å². The van der Waals surface area contributed by atoms with Gasteiger partial charge < -0.3 is 15.0 Å². The quantitative estimate of drug-likeness (QED) is 0.580. The van der Waals surface area contributed by atoms with Crippen LogP contribution in [0.15, 0.2) is 18.2 Å². The number of hydrogen-bond acceptors (Lipinski definition) is 5. The van der Waals surface area contributed by atoms with E-state index in [9.17, 15) is 19.2 Å². The van der Waals surface area contributed by atoms with Crippen LogP contribution in [-0.2, 0) is 19.1 Å². The molecule has 0 aliphatic carbocycles. The fraction of sp³-hybridized carbons (Fsp3) is 0.474. The Labute approximate surface area is 158 Å². The zero-order valence-electron chi connectivity index (χ0n) is 16.1. The van der Waals surface area contributed by atoms with Crippen LogP contribution in [0.3, 0.4) is 0 Å². The van der Waals surface area contributed by atoms with Gasteiger partial charge in [0.15, 0.2) is 6.10 Å². The van der Waals surface area contributed by atoms with Crippen molar-refractivity contribution >= 4 is 29.5 Å². The summed E-state index contributed by atoms with van der Waals surface area (Å²) in [6, 6.07) is 5.27. The van der Waals surface area contributed by atoms with Gasteiger partial charge in [0.05, 0.1) is 0 Å². The third-order valence-electron chi connectivity index (χ3n) is 4.31. The number of hydrogen-bond donors (Lipinski definition) is 1. The van der Waals surface area contributed by atoms with Crippen LogP contribution in [0.1, 0.15) is 30.9 Å². The smallest absolute Gasteiger partial charge is 0.326 e. The van der Waals surface area contributed by atoms with E-state index in [0.29, 0.717) is 5.69 Å². The molecule has 1 N–H and O–H groups in total. The molecule has 1 aliphatic rings. The fourth-order valence-corrected chi connectivity index (χ4v) is 2.77. The lowest BCUT2D eigenvalue weighted by Gasteiger charge is -2.16. The van der Waals surface area contributed by atoms with Gasteiger partial charge in [0.2, 0.25) is 5.91 Å². The van der Waals surface area contributed by atoms with Crippen LogP contribution < -0.4 is 5.32 Å². The number of likely N-dealkylation sites (N-methyl/N-ethyl adjacent to an activating group) is 1. The first-order chi connectivity index (χ1) is 12.7. The molecular weight excluding hydrogens is 350 g/mol. The zero-order chi connectivity index (χ0) is 20.1. The molecule has 1 aliphatic heterocycles. The second-order valence-corrected chi connectivity index (χ2v) is 6.73. The highest BCUT2D eigenvalue weighted by molar-refractivity contribution is 6.01. The number of rotatable bonds is 7. The molecule has 146 valence electrons. The summed E-state index contributed by atoms with van der Waals surface area (Å²) in [5, 5.41) is 2.74. The Bertz CT molecular complexity index is 762. The van der Waals surface area contributed by atoms with E-state index in [1.807, 2.05) is 26.0 Å². The highest BCUT2D eigenvalue weighted by atomic mass is 16.5. The number of nitrogens with zero attached hydrogens (tertiary/aromatic N) is 2. The average molecular weight is 375 g/mol. The molecule has 1 aromatic rings. The van der Waals surface area contributed by atoms with E-state index < -0.39 is 18.0 Å². The third kappa shape index (κ3) is 5.29. The standard InChI is InChI=1S/C19H25N3O5/c1-12-7-8-15(13(2)10-12)20-18(25)14(3)27-17(24)6-5-9-22-16(23)11-21(4)19(22)26/h7-8,10,14H,5-6,9,11H2,1-4H3,(H,20,25)/t14-/m0/s1. The van der Waals surface area contributed by atoms with Crippen molar-refractivity contribution in [2.75, 3.05) is 25.5 Å². The van der Waals surface area contributed by atoms with Crippen molar-refractivity contribution in [1.29, 1.82) is 0 Å². The summed E-state index contributed by atoms with van der Waals surface area (Å²) in [7, 11) is 1.55. The van der Waals surface area contributed by atoms with Gasteiger partial charge in [0.1, 0.15) is 6.54 Å². The Morgan fingerprint density at radius 1 is 1.26 bits per heavy atom. The zero-order valence-corrected chi connectivity index (χ0v) is 16.1. The Morgan fingerprint density at radius 2 is 1.96 bits per heavy atom. The van der Waals surface area contributed by atoms with Crippen molar-refractivity contribution in [3.8, 4) is 0 Å². The van der Waals surface area contributed by atoms with Crippen LogP contribution in [0.25, 0.3) is 0 Å². The number of benzene rings is 1. The highest BCUT2D eigenvalue weighted by Crippen LogP contribution is 2.16. The van der Waals surface area contributed by atoms with E-state index in [1.54, 1.807) is 13.1 Å². The molecule has 27 heavy (non-hydrogen) atoms. The summed E-state index contributed by atoms with van der Waals surface area (Å²) in [6.45, 7) is 5.56. The lowest BCUT2D eigenvalue weighted by Crippen LogP contribution is -2.33. The SMILES string of the molecule is Cc1ccc(NC(=O)[C@H](C)OC(=O)CCCN2C(=O)CN(C)C2=O)c(C)c1. The highest BCUT2D eigenvalue weighted by Gasteiger charge is 2.33. The van der Waals surface area contributed by atoms with Crippen molar-refractivity contribution < 1.29 is 23.9 Å². The molecule has 1 aromatic carbocycles. The molecule has 8 heteroatoms. The average Bonchev–Trinajstić information content (AvgIpc) is 2.83. The maximum Gasteiger partial charge on any atom is 0.326 e. The number of amides is 4. The summed E-state index contributed by atoms with van der Waals surface area (Å²) < 4.78 is 5.14. The predicted octanol–water partition coefficient (Wildman–Crippen LogP) is 1.85. The Hall–Kier alpha value is -2.90. The Balaban J connectivity index is 1.77. The number of nitrogens with one attached hydrogen (secondary N) is 1. The predicted molar refractivity (Wildman–Crippen MR) is 99.1 cm³/mol. The number of imide groups is 1. The first-order valence-electron chi connectivity index (χ1n) is 8.82. The lowest BCUT2D eigenvalue weighted by atomic mass is 10.1. The molecule has 0 aromatic heterocycles. The first-order valence-corrected chi connectivity index (χ1v) is 8.82. The third-order valence-corrected chi connectivity index (χ3v) is 4.31. The molecule has 2 rings (SSSR count). The van der Waals surface area contributed by atoms with Crippen molar-refractivity contribution in [2.24, 2.45) is 0 Å². The number of aryl methyl sites for hydroxylation is 2. The van der Waals surface area contributed by atoms with Crippen molar-refractivity contribution in [3.63, 3.8) is 0 Å². The topological polar surface area (TPSA) is 96.0 Å². The minimum absolute atomic E-state index is 0.0158. The molecular formula is C19H25N3O5. The minimum atomic E-state index is -0.945. The minimum Gasteiger partial charge on any atom is -0.453 e. The summed E-state index contributed by atoms with van der Waals surface area (Å²) >= 11 is 0. The van der Waals surface area contributed by atoms with Gasteiger partial charge in [-0.1, -0.05) is 17.7 Å². The molecule has 1 saturated heterocycles. The largest absolute Gasteiger partial charge is 0.453 e. The summed E-state index contributed by atoms with van der Waals surface area (Å²) in [5.74, 6) is -1.25. The molecule has 4 amide bonds. The van der Waals surface area contributed by atoms with Gasteiger partial charge in [-0.05, 0) is 38.8 Å². The van der Waals surface area contributed by atoms with Gasteiger partial charge in [-0.2, -0.15) is 0 Å². The molecule has 0 saturated carbocycles. The van der Waals surface area contributed by atoms with Gasteiger partial charge in [-0.25, -0.2) is 4.79 Å². The molecule has 0 radical (unpaired) electrons. The molecule has 0 bridgehead atoms. The van der Waals surface area contributed by atoms with E-state index >= 15 is 0 Å². The monoisotopic (exact) mass is 375 g/mol. The summed E-state index contributed by atoms with van der Waals surface area (Å²) in [5.41, 5.74) is 2.68. The van der Waals surface area contributed by atoms with Gasteiger partial charge in [0, 0.05) is 25.7 Å². The molecule has 1 fully saturated rings. The van der Waals surface area contributed by atoms with E-state index in [-0.39, 0.29) is 37.9 Å². The Kier molecular flexibility index (Phi) is 6.55. The molecule has 0 unspecified atom stereocenters. The number of carbonyl (C=O) groups is 4. The second kappa shape index (κ2) is 8.66. The van der Waals surface area contributed by atoms with Crippen LogP contribution >= 0.6 is 0 Å². The summed E-state index contributed by atoms with van der Waals surface area (Å²) in [6.07, 6.45) is -0.642. The van der Waals surface area contributed by atoms with Crippen LogP contribution in [-0.4, -0.2) is 59.9 Å². The Morgan fingerprint density at radius 3 is 2.56 bits per heavy atom. The maximum atomic E-state index is 12.2. The van der Waals surface area contributed by atoms with E-state index in [4.69, 9.17) is 4.74 Å². The summed E-state index contributed by atoms with van der Waals surface area (Å²) in [4.78, 5) is 50.0. The first kappa shape index (κ1) is 20.4. The normalized spacial score (nSPS) is 15.1. The fourth-order valence-electron chi connectivity index (χ4n) is 2.77. The van der Waals surface area contributed by atoms with E-state index in [1.165, 1.54) is 11.8 Å². The maximum absolute atomic E-state index is 12.2. The molecule has 0 spiro atoms. The van der Waals surface area contributed by atoms with Crippen LogP contribution in [0.5, 0.6) is 0 Å². The van der Waals surface area contributed by atoms with Crippen molar-refractivity contribution in [1.82, 2.24) is 9.80 Å². The molecule has 1 heterocycles. The number of esters is 1. The lowest BCUT2D eigenvalue weighted by molar-refractivity contribution is -0.153. The van der Waals surface area contributed by atoms with Gasteiger partial charge in [0.25, 0.3) is 5.91 Å². The van der Waals surface area contributed by atoms with Crippen molar-refractivity contribution in [3.05, 3.63) is 29.3 Å². The van der Waals surface area contributed by atoms with E-state index in [0.717, 1.165) is 16.0 Å². The number of urea groups is 1. The molecule has 8 nitrogen and oxygen atoms in total. The number of carbonyl (C=O) groups excluding carboxylic acids is 4. The van der Waals surface area contributed by atoms with Crippen LogP contribution in [0.2, 0.25) is 0 Å². The number of ether oxygens (including phenoxy) is 1. The van der Waals surface area contributed by atoms with Gasteiger partial charge >= 0.3 is 12.0 Å². The van der Waals surface area contributed by atoms with Gasteiger partial charge in [-0.15, -0.1) is 0 Å². The second-order valence-electron chi connectivity index (χ2n) is 6.73. The number of anilines is 1.